The Hall–Kier alpha value is -0.0800. The normalized spacial score (nSPS) is 10.2. The summed E-state index contributed by atoms with van der Waals surface area (Å²) < 4.78 is 0. The van der Waals surface area contributed by atoms with Gasteiger partial charge in [-0.3, -0.25) is 0 Å². The van der Waals surface area contributed by atoms with E-state index in [1.165, 1.54) is 0 Å². The number of hydrogen-bond acceptors (Lipinski definition) is 2. The van der Waals surface area contributed by atoms with Gasteiger partial charge in [-0.05, 0) is 32.4 Å². The fraction of sp³-hybridized carbons (Fsp3) is 1.00. The van der Waals surface area contributed by atoms with Gasteiger partial charge in [-0.1, -0.05) is 27.7 Å². The molecular formula is C11H27NO. The minimum atomic E-state index is 0.329. The Kier molecular flexibility index (Phi) is 14.1. The summed E-state index contributed by atoms with van der Waals surface area (Å²) >= 11 is 0. The molecule has 1 N–H and O–H groups in total. The van der Waals surface area contributed by atoms with Crippen molar-refractivity contribution < 1.29 is 5.11 Å². The SMILES string of the molecule is CC.CC(C)CN(C)CCCCO. The Bertz CT molecular complexity index is 84.2. The van der Waals surface area contributed by atoms with Gasteiger partial charge in [-0.2, -0.15) is 0 Å². The maximum atomic E-state index is 8.54. The first-order valence-electron chi connectivity index (χ1n) is 5.46. The molecule has 2 nitrogen and oxygen atoms in total. The molecule has 2 heteroatoms. The average Bonchev–Trinajstić information content (AvgIpc) is 2.07. The van der Waals surface area contributed by atoms with Gasteiger partial charge in [-0.25, -0.2) is 0 Å². The molecule has 13 heavy (non-hydrogen) atoms. The zero-order valence-electron chi connectivity index (χ0n) is 10.0. The van der Waals surface area contributed by atoms with Gasteiger partial charge in [0.05, 0.1) is 0 Å². The zero-order chi connectivity index (χ0) is 10.7. The standard InChI is InChI=1S/C9H21NO.C2H6/c1-9(2)8-10(3)6-4-5-7-11;1-2/h9,11H,4-8H2,1-3H3;1-2H3. The molecule has 0 aliphatic carbocycles. The van der Waals surface area contributed by atoms with Crippen molar-refractivity contribution in [3.05, 3.63) is 0 Å². The first-order chi connectivity index (χ1) is 6.16. The molecule has 0 saturated carbocycles. The van der Waals surface area contributed by atoms with Crippen LogP contribution in [0.3, 0.4) is 0 Å². The Morgan fingerprint density at radius 3 is 2.08 bits per heavy atom. The molecule has 0 atom stereocenters. The van der Waals surface area contributed by atoms with Gasteiger partial charge in [0, 0.05) is 13.2 Å². The Morgan fingerprint density at radius 1 is 1.15 bits per heavy atom. The number of hydrogen-bond donors (Lipinski definition) is 1. The van der Waals surface area contributed by atoms with E-state index in [0.717, 1.165) is 31.8 Å². The molecule has 0 aromatic heterocycles. The summed E-state index contributed by atoms with van der Waals surface area (Å²) in [6.07, 6.45) is 2.04. The molecule has 0 amide bonds. The number of aliphatic hydroxyl groups excluding tert-OH is 1. The molecule has 0 aliphatic heterocycles. The molecule has 0 aromatic rings. The molecule has 82 valence electrons. The highest BCUT2D eigenvalue weighted by atomic mass is 16.2. The number of rotatable bonds is 6. The van der Waals surface area contributed by atoms with Crippen LogP contribution in [0.1, 0.15) is 40.5 Å². The molecular weight excluding hydrogens is 162 g/mol. The second-order valence-electron chi connectivity index (χ2n) is 3.59. The Morgan fingerprint density at radius 2 is 1.69 bits per heavy atom. The maximum Gasteiger partial charge on any atom is 0.0431 e. The van der Waals surface area contributed by atoms with Crippen molar-refractivity contribution in [2.24, 2.45) is 5.92 Å². The lowest BCUT2D eigenvalue weighted by Gasteiger charge is -2.18. The van der Waals surface area contributed by atoms with Gasteiger partial charge in [0.1, 0.15) is 0 Å². The molecule has 0 aliphatic rings. The highest BCUT2D eigenvalue weighted by Gasteiger charge is 1.99. The van der Waals surface area contributed by atoms with Gasteiger partial charge in [0.2, 0.25) is 0 Å². The minimum Gasteiger partial charge on any atom is -0.396 e. The van der Waals surface area contributed by atoms with E-state index >= 15 is 0 Å². The molecule has 0 unspecified atom stereocenters. The summed E-state index contributed by atoms with van der Waals surface area (Å²) in [7, 11) is 2.14. The summed E-state index contributed by atoms with van der Waals surface area (Å²) in [5.41, 5.74) is 0. The van der Waals surface area contributed by atoms with E-state index in [1.807, 2.05) is 13.8 Å². The van der Waals surface area contributed by atoms with Crippen LogP contribution in [0.4, 0.5) is 0 Å². The number of nitrogens with zero attached hydrogens (tertiary/aromatic N) is 1. The predicted molar refractivity (Wildman–Crippen MR) is 60.0 cm³/mol. The molecule has 0 fully saturated rings. The zero-order valence-corrected chi connectivity index (χ0v) is 10.0. The molecule has 0 aromatic carbocycles. The maximum absolute atomic E-state index is 8.54. The van der Waals surface area contributed by atoms with Crippen molar-refractivity contribution in [1.29, 1.82) is 0 Å². The topological polar surface area (TPSA) is 23.5 Å². The van der Waals surface area contributed by atoms with Crippen LogP contribution < -0.4 is 0 Å². The number of aliphatic hydroxyl groups is 1. The summed E-state index contributed by atoms with van der Waals surface area (Å²) in [6.45, 7) is 11.0. The van der Waals surface area contributed by atoms with Gasteiger partial charge in [0.15, 0.2) is 0 Å². The fourth-order valence-electron chi connectivity index (χ4n) is 1.21. The molecule has 0 saturated heterocycles. The first kappa shape index (κ1) is 15.4. The molecule has 0 radical (unpaired) electrons. The average molecular weight is 189 g/mol. The highest BCUT2D eigenvalue weighted by Crippen LogP contribution is 1.97. The second-order valence-corrected chi connectivity index (χ2v) is 3.59. The number of unbranched alkanes of at least 4 members (excludes halogenated alkanes) is 1. The second kappa shape index (κ2) is 11.9. The van der Waals surface area contributed by atoms with Gasteiger partial charge >= 0.3 is 0 Å². The van der Waals surface area contributed by atoms with Gasteiger partial charge < -0.3 is 10.0 Å². The third-order valence-electron chi connectivity index (χ3n) is 1.62. The van der Waals surface area contributed by atoms with Crippen LogP contribution in [-0.4, -0.2) is 36.8 Å². The van der Waals surface area contributed by atoms with Crippen molar-refractivity contribution in [2.45, 2.75) is 40.5 Å². The third-order valence-corrected chi connectivity index (χ3v) is 1.62. The van der Waals surface area contributed by atoms with E-state index in [2.05, 4.69) is 25.8 Å². The fourth-order valence-corrected chi connectivity index (χ4v) is 1.21. The Labute approximate surface area is 83.9 Å². The van der Waals surface area contributed by atoms with Crippen LogP contribution in [0.5, 0.6) is 0 Å². The van der Waals surface area contributed by atoms with Crippen molar-refractivity contribution in [1.82, 2.24) is 4.90 Å². The first-order valence-corrected chi connectivity index (χ1v) is 5.46. The minimum absolute atomic E-state index is 0.329. The molecule has 0 bridgehead atoms. The quantitative estimate of drug-likeness (QED) is 0.648. The lowest BCUT2D eigenvalue weighted by Crippen LogP contribution is -2.24. The van der Waals surface area contributed by atoms with Crippen LogP contribution in [0.25, 0.3) is 0 Å². The molecule has 0 spiro atoms. The van der Waals surface area contributed by atoms with Crippen molar-refractivity contribution in [2.75, 3.05) is 26.7 Å². The summed E-state index contributed by atoms with van der Waals surface area (Å²) in [5, 5.41) is 8.54. The lowest BCUT2D eigenvalue weighted by atomic mass is 10.2. The van der Waals surface area contributed by atoms with Crippen molar-refractivity contribution in [3.63, 3.8) is 0 Å². The van der Waals surface area contributed by atoms with Crippen molar-refractivity contribution >= 4 is 0 Å². The van der Waals surface area contributed by atoms with E-state index in [9.17, 15) is 0 Å². The lowest BCUT2D eigenvalue weighted by molar-refractivity contribution is 0.253. The Balaban J connectivity index is 0. The van der Waals surface area contributed by atoms with Crippen LogP contribution >= 0.6 is 0 Å². The van der Waals surface area contributed by atoms with Gasteiger partial charge in [-0.15, -0.1) is 0 Å². The predicted octanol–water partition coefficient (Wildman–Crippen LogP) is 2.37. The van der Waals surface area contributed by atoms with E-state index in [-0.39, 0.29) is 0 Å². The summed E-state index contributed by atoms with van der Waals surface area (Å²) in [6, 6.07) is 0. The largest absolute Gasteiger partial charge is 0.396 e. The molecule has 0 rings (SSSR count). The van der Waals surface area contributed by atoms with Gasteiger partial charge in [0.25, 0.3) is 0 Å². The van der Waals surface area contributed by atoms with Crippen LogP contribution in [0.15, 0.2) is 0 Å². The van der Waals surface area contributed by atoms with E-state index in [1.54, 1.807) is 0 Å². The monoisotopic (exact) mass is 189 g/mol. The highest BCUT2D eigenvalue weighted by molar-refractivity contribution is 4.54. The van der Waals surface area contributed by atoms with Crippen LogP contribution in [0, 0.1) is 5.92 Å². The van der Waals surface area contributed by atoms with E-state index in [4.69, 9.17) is 5.11 Å². The third kappa shape index (κ3) is 14.7. The molecule has 0 heterocycles. The smallest absolute Gasteiger partial charge is 0.0431 e. The van der Waals surface area contributed by atoms with E-state index in [0.29, 0.717) is 6.61 Å². The van der Waals surface area contributed by atoms with Crippen molar-refractivity contribution in [3.8, 4) is 0 Å². The summed E-state index contributed by atoms with van der Waals surface area (Å²) in [5.74, 6) is 0.745. The van der Waals surface area contributed by atoms with Crippen LogP contribution in [-0.2, 0) is 0 Å². The summed E-state index contributed by atoms with van der Waals surface area (Å²) in [4.78, 5) is 2.32. The van der Waals surface area contributed by atoms with E-state index < -0.39 is 0 Å². The van der Waals surface area contributed by atoms with Crippen LogP contribution in [0.2, 0.25) is 0 Å².